The van der Waals surface area contributed by atoms with E-state index in [2.05, 4.69) is 16.0 Å². The van der Waals surface area contributed by atoms with Crippen molar-refractivity contribution in [1.29, 1.82) is 0 Å². The molecule has 1 saturated heterocycles. The van der Waals surface area contributed by atoms with Gasteiger partial charge in [-0.3, -0.25) is 24.0 Å². The van der Waals surface area contributed by atoms with Crippen molar-refractivity contribution in [3.8, 4) is 0 Å². The summed E-state index contributed by atoms with van der Waals surface area (Å²) in [5, 5.41) is 2.04. The maximum Gasteiger partial charge on any atom is 0.330 e. The third kappa shape index (κ3) is 4.39. The number of hydrogen-bond donors (Lipinski definition) is 2. The van der Waals surface area contributed by atoms with Gasteiger partial charge < -0.3 is 10.6 Å². The molecule has 1 amide bonds. The van der Waals surface area contributed by atoms with Crippen molar-refractivity contribution in [3.63, 3.8) is 0 Å². The van der Waals surface area contributed by atoms with Crippen molar-refractivity contribution < 1.29 is 4.79 Å². The highest BCUT2D eigenvalue weighted by molar-refractivity contribution is 7.10. The number of amides is 1. The van der Waals surface area contributed by atoms with Crippen LogP contribution in [0.15, 0.2) is 57.4 Å². The van der Waals surface area contributed by atoms with Gasteiger partial charge in [-0.2, -0.15) is 0 Å². The van der Waals surface area contributed by atoms with Gasteiger partial charge in [0.15, 0.2) is 5.69 Å². The molecule has 2 aromatic heterocycles. The fraction of sp³-hybridized carbons (Fsp3) is 0.348. The number of hydrogen-bond acceptors (Lipinski definition) is 6. The number of anilines is 2. The first-order valence-electron chi connectivity index (χ1n) is 10.7. The number of H-pyrrole nitrogens is 1. The van der Waals surface area contributed by atoms with Crippen molar-refractivity contribution in [3.05, 3.63) is 79.1 Å². The minimum atomic E-state index is -0.650. The Kier molecular flexibility index (Phi) is 6.57. The molecule has 0 unspecified atom stereocenters. The number of carbonyl (C=O) groups excluding carboxylic acids is 1. The van der Waals surface area contributed by atoms with Crippen molar-refractivity contribution in [1.82, 2.24) is 14.5 Å². The van der Waals surface area contributed by atoms with Crippen LogP contribution in [0.3, 0.4) is 0 Å². The summed E-state index contributed by atoms with van der Waals surface area (Å²) in [7, 11) is 0. The molecule has 0 bridgehead atoms. The fourth-order valence-electron chi connectivity index (χ4n) is 4.30. The highest BCUT2D eigenvalue weighted by atomic mass is 32.1. The molecule has 3 N–H and O–H groups in total. The van der Waals surface area contributed by atoms with Crippen LogP contribution < -0.4 is 21.9 Å². The van der Waals surface area contributed by atoms with E-state index in [1.807, 2.05) is 41.8 Å². The Morgan fingerprint density at radius 3 is 2.69 bits per heavy atom. The molecule has 0 radical (unpaired) electrons. The molecular weight excluding hydrogens is 426 g/mol. The molecule has 9 heteroatoms. The lowest BCUT2D eigenvalue weighted by molar-refractivity contribution is -0.119. The number of nitrogens with one attached hydrogen (secondary N) is 1. The molecule has 3 heterocycles. The van der Waals surface area contributed by atoms with E-state index in [-0.39, 0.29) is 43.1 Å². The third-order valence-corrected chi connectivity index (χ3v) is 6.83. The number of rotatable bonds is 7. The van der Waals surface area contributed by atoms with Gasteiger partial charge in [0.25, 0.3) is 5.56 Å². The van der Waals surface area contributed by atoms with Gasteiger partial charge in [0.05, 0.1) is 13.1 Å². The predicted octanol–water partition coefficient (Wildman–Crippen LogP) is 2.42. The molecule has 1 aliphatic heterocycles. The predicted molar refractivity (Wildman–Crippen MR) is 127 cm³/mol. The summed E-state index contributed by atoms with van der Waals surface area (Å²) in [6, 6.07) is 13.7. The molecule has 0 saturated carbocycles. The molecule has 1 atom stereocenters. The van der Waals surface area contributed by atoms with Crippen LogP contribution in [0.5, 0.6) is 0 Å². The van der Waals surface area contributed by atoms with E-state index in [1.165, 1.54) is 14.3 Å². The average Bonchev–Trinajstić information content (AvgIpc) is 3.46. The lowest BCUT2D eigenvalue weighted by Crippen LogP contribution is -2.45. The van der Waals surface area contributed by atoms with E-state index in [4.69, 9.17) is 5.73 Å². The number of nitrogens with two attached hydrogens (primary N) is 1. The Hall–Kier alpha value is -3.17. The van der Waals surface area contributed by atoms with Crippen LogP contribution in [0.25, 0.3) is 0 Å². The Balaban J connectivity index is 1.62. The van der Waals surface area contributed by atoms with Crippen molar-refractivity contribution in [2.24, 2.45) is 0 Å². The molecule has 0 spiro atoms. The SMILES string of the molecule is CCN(C(=O)CN1CCC[C@@H]1c1cccs1)c1c(N)n(Cc2ccccc2)c(=O)[nH]c1=O. The molecule has 1 fully saturated rings. The van der Waals surface area contributed by atoms with Gasteiger partial charge in [0.1, 0.15) is 5.82 Å². The molecular formula is C23H27N5O3S. The molecule has 0 aliphatic carbocycles. The Morgan fingerprint density at radius 1 is 1.22 bits per heavy atom. The van der Waals surface area contributed by atoms with Gasteiger partial charge in [0.2, 0.25) is 5.91 Å². The van der Waals surface area contributed by atoms with E-state index in [0.29, 0.717) is 0 Å². The van der Waals surface area contributed by atoms with Crippen LogP contribution in [0.4, 0.5) is 11.5 Å². The zero-order chi connectivity index (χ0) is 22.7. The normalized spacial score (nSPS) is 16.3. The molecule has 8 nitrogen and oxygen atoms in total. The van der Waals surface area contributed by atoms with Crippen LogP contribution in [-0.4, -0.2) is 40.0 Å². The number of likely N-dealkylation sites (N-methyl/N-ethyl adjacent to an activating group) is 1. The first-order chi connectivity index (χ1) is 15.5. The van der Waals surface area contributed by atoms with Gasteiger partial charge in [-0.05, 0) is 43.3 Å². The lowest BCUT2D eigenvalue weighted by Gasteiger charge is -2.28. The zero-order valence-electron chi connectivity index (χ0n) is 18.0. The monoisotopic (exact) mass is 453 g/mol. The molecule has 1 aliphatic rings. The van der Waals surface area contributed by atoms with Crippen LogP contribution in [-0.2, 0) is 11.3 Å². The fourth-order valence-corrected chi connectivity index (χ4v) is 5.19. The zero-order valence-corrected chi connectivity index (χ0v) is 18.8. The van der Waals surface area contributed by atoms with Crippen LogP contribution >= 0.6 is 11.3 Å². The first kappa shape index (κ1) is 22.0. The summed E-state index contributed by atoms with van der Waals surface area (Å²) in [6.45, 7) is 3.28. The second-order valence-corrected chi connectivity index (χ2v) is 8.83. The van der Waals surface area contributed by atoms with E-state index in [0.717, 1.165) is 24.9 Å². The minimum absolute atomic E-state index is 0.00553. The summed E-state index contributed by atoms with van der Waals surface area (Å²) < 4.78 is 1.30. The molecule has 3 aromatic rings. The van der Waals surface area contributed by atoms with Gasteiger partial charge in [0, 0.05) is 17.5 Å². The number of likely N-dealkylation sites (tertiary alicyclic amines) is 1. The lowest BCUT2D eigenvalue weighted by atomic mass is 10.2. The third-order valence-electron chi connectivity index (χ3n) is 5.86. The molecule has 1 aromatic carbocycles. The number of benzene rings is 1. The molecule has 32 heavy (non-hydrogen) atoms. The van der Waals surface area contributed by atoms with Gasteiger partial charge >= 0.3 is 5.69 Å². The van der Waals surface area contributed by atoms with Crippen LogP contribution in [0, 0.1) is 0 Å². The summed E-state index contributed by atoms with van der Waals surface area (Å²) >= 11 is 1.69. The first-order valence-corrected chi connectivity index (χ1v) is 11.6. The number of thiophene rings is 1. The summed E-state index contributed by atoms with van der Waals surface area (Å²) in [6.07, 6.45) is 2.03. The van der Waals surface area contributed by atoms with E-state index < -0.39 is 11.2 Å². The second kappa shape index (κ2) is 9.54. The standard InChI is InChI=1S/C23H27N5O3S/c1-2-27(19(29)15-26-12-6-10-17(26)18-11-7-13-32-18)20-21(24)28(23(31)25-22(20)30)14-16-8-4-3-5-9-16/h3-5,7-9,11,13,17H,2,6,10,12,14-15,24H2,1H3,(H,25,30,31)/t17-/m1/s1. The number of nitrogens with zero attached hydrogens (tertiary/aromatic N) is 3. The Labute approximate surface area is 189 Å². The molecule has 4 rings (SSSR count). The van der Waals surface area contributed by atoms with Gasteiger partial charge in [-0.25, -0.2) is 4.79 Å². The highest BCUT2D eigenvalue weighted by Gasteiger charge is 2.31. The second-order valence-electron chi connectivity index (χ2n) is 7.85. The van der Waals surface area contributed by atoms with Crippen molar-refractivity contribution >= 4 is 28.7 Å². The van der Waals surface area contributed by atoms with Gasteiger partial charge in [-0.15, -0.1) is 11.3 Å². The maximum absolute atomic E-state index is 13.3. The average molecular weight is 454 g/mol. The van der Waals surface area contributed by atoms with Gasteiger partial charge in [-0.1, -0.05) is 36.4 Å². The van der Waals surface area contributed by atoms with Crippen molar-refractivity contribution in [2.45, 2.75) is 32.4 Å². The smallest absolute Gasteiger partial charge is 0.330 e. The largest absolute Gasteiger partial charge is 0.383 e. The topological polar surface area (TPSA) is 104 Å². The van der Waals surface area contributed by atoms with Crippen molar-refractivity contribution in [2.75, 3.05) is 30.3 Å². The number of aromatic nitrogens is 2. The Bertz CT molecular complexity index is 1190. The van der Waals surface area contributed by atoms with E-state index >= 15 is 0 Å². The number of nitrogen functional groups attached to an aromatic ring is 1. The minimum Gasteiger partial charge on any atom is -0.383 e. The summed E-state index contributed by atoms with van der Waals surface area (Å²) in [4.78, 5) is 45.6. The Morgan fingerprint density at radius 2 is 2.00 bits per heavy atom. The van der Waals surface area contributed by atoms with Crippen LogP contribution in [0.2, 0.25) is 0 Å². The number of carbonyl (C=O) groups is 1. The summed E-state index contributed by atoms with van der Waals surface area (Å²) in [5.41, 5.74) is 5.94. The molecule has 168 valence electrons. The highest BCUT2D eigenvalue weighted by Crippen LogP contribution is 2.34. The van der Waals surface area contributed by atoms with E-state index in [1.54, 1.807) is 18.3 Å². The summed E-state index contributed by atoms with van der Waals surface area (Å²) in [5.74, 6) is -0.216. The van der Waals surface area contributed by atoms with Crippen LogP contribution in [0.1, 0.15) is 36.2 Å². The number of aromatic amines is 1. The maximum atomic E-state index is 13.3. The quantitative estimate of drug-likeness (QED) is 0.572. The van der Waals surface area contributed by atoms with E-state index in [9.17, 15) is 14.4 Å².